The number of nitrogens with zero attached hydrogens (tertiary/aromatic N) is 4. The molecule has 2 aliphatic heterocycles. The first-order valence-corrected chi connectivity index (χ1v) is 10.1. The largest absolute Gasteiger partial charge is 0.378 e. The Balaban J connectivity index is 1.55. The topological polar surface area (TPSA) is 53.5 Å². The van der Waals surface area contributed by atoms with E-state index in [-0.39, 0.29) is 0 Å². The lowest BCUT2D eigenvalue weighted by Gasteiger charge is -2.36. The van der Waals surface area contributed by atoms with Gasteiger partial charge in [-0.05, 0) is 37.8 Å². The van der Waals surface area contributed by atoms with Crippen molar-refractivity contribution in [3.63, 3.8) is 0 Å². The van der Waals surface area contributed by atoms with Crippen LogP contribution in [0.4, 0.5) is 23.0 Å². The van der Waals surface area contributed by atoms with E-state index in [1.807, 2.05) is 0 Å². The van der Waals surface area contributed by atoms with Gasteiger partial charge in [-0.1, -0.05) is 19.1 Å². The summed E-state index contributed by atoms with van der Waals surface area (Å²) >= 11 is 0. The second kappa shape index (κ2) is 8.57. The maximum Gasteiger partial charge on any atom is 0.135 e. The molecule has 1 atom stereocenters. The van der Waals surface area contributed by atoms with Crippen LogP contribution in [0.2, 0.25) is 0 Å². The Labute approximate surface area is 161 Å². The minimum absolute atomic E-state index is 0.585. The average molecular weight is 367 g/mol. The summed E-state index contributed by atoms with van der Waals surface area (Å²) in [6.45, 7) is 6.74. The molecular formula is C21H29N5O. The summed E-state index contributed by atoms with van der Waals surface area (Å²) in [7, 11) is 0. The molecule has 1 N–H and O–H groups in total. The van der Waals surface area contributed by atoms with E-state index in [9.17, 15) is 0 Å². The third-order valence-corrected chi connectivity index (χ3v) is 5.56. The average Bonchev–Trinajstić information content (AvgIpc) is 2.75. The fourth-order valence-corrected chi connectivity index (χ4v) is 4.10. The number of aromatic nitrogens is 2. The van der Waals surface area contributed by atoms with Gasteiger partial charge in [-0.15, -0.1) is 0 Å². The molecule has 0 aliphatic carbocycles. The SMILES string of the molecule is CCC1CCCCN1c1cc(Nc2ccccc2N2CCOCC2)ncn1. The molecular weight excluding hydrogens is 338 g/mol. The molecule has 2 aromatic rings. The molecule has 27 heavy (non-hydrogen) atoms. The van der Waals surface area contributed by atoms with E-state index >= 15 is 0 Å². The Kier molecular flexibility index (Phi) is 5.72. The molecule has 2 saturated heterocycles. The lowest BCUT2D eigenvalue weighted by Crippen LogP contribution is -2.39. The third kappa shape index (κ3) is 4.16. The first-order valence-electron chi connectivity index (χ1n) is 10.1. The first-order chi connectivity index (χ1) is 13.3. The van der Waals surface area contributed by atoms with E-state index in [0.717, 1.165) is 56.6 Å². The van der Waals surface area contributed by atoms with Crippen molar-refractivity contribution < 1.29 is 4.74 Å². The number of nitrogens with one attached hydrogen (secondary N) is 1. The minimum atomic E-state index is 0.585. The van der Waals surface area contributed by atoms with Crippen LogP contribution in [0.25, 0.3) is 0 Å². The normalized spacial score (nSPS) is 20.6. The quantitative estimate of drug-likeness (QED) is 0.867. The predicted molar refractivity (Wildman–Crippen MR) is 110 cm³/mol. The van der Waals surface area contributed by atoms with Crippen molar-refractivity contribution in [2.75, 3.05) is 48.0 Å². The Morgan fingerprint density at radius 2 is 1.96 bits per heavy atom. The van der Waals surface area contributed by atoms with Gasteiger partial charge < -0.3 is 19.9 Å². The highest BCUT2D eigenvalue weighted by Crippen LogP contribution is 2.30. The maximum absolute atomic E-state index is 5.49. The molecule has 2 fully saturated rings. The maximum atomic E-state index is 5.49. The fourth-order valence-electron chi connectivity index (χ4n) is 4.10. The highest BCUT2D eigenvalue weighted by Gasteiger charge is 2.22. The summed E-state index contributed by atoms with van der Waals surface area (Å²) in [5.41, 5.74) is 2.28. The first kappa shape index (κ1) is 18.0. The highest BCUT2D eigenvalue weighted by molar-refractivity contribution is 5.75. The number of hydrogen-bond acceptors (Lipinski definition) is 6. The molecule has 0 bridgehead atoms. The van der Waals surface area contributed by atoms with Crippen molar-refractivity contribution in [2.24, 2.45) is 0 Å². The number of rotatable bonds is 5. The summed E-state index contributed by atoms with van der Waals surface area (Å²) < 4.78 is 5.49. The van der Waals surface area contributed by atoms with Gasteiger partial charge in [-0.3, -0.25) is 0 Å². The van der Waals surface area contributed by atoms with E-state index in [4.69, 9.17) is 4.74 Å². The standard InChI is InChI=1S/C21H29N5O/c1-2-17-7-5-6-10-26(17)21-15-20(22-16-23-21)24-18-8-3-4-9-19(18)25-11-13-27-14-12-25/h3-4,8-9,15-17H,2,5-7,10-14H2,1H3,(H,22,23,24). The zero-order valence-electron chi connectivity index (χ0n) is 16.1. The summed E-state index contributed by atoms with van der Waals surface area (Å²) in [6.07, 6.45) is 6.65. The summed E-state index contributed by atoms with van der Waals surface area (Å²) in [4.78, 5) is 13.9. The highest BCUT2D eigenvalue weighted by atomic mass is 16.5. The van der Waals surface area contributed by atoms with Crippen LogP contribution in [0, 0.1) is 0 Å². The van der Waals surface area contributed by atoms with E-state index in [1.54, 1.807) is 6.33 Å². The van der Waals surface area contributed by atoms with Gasteiger partial charge in [0.25, 0.3) is 0 Å². The smallest absolute Gasteiger partial charge is 0.135 e. The van der Waals surface area contributed by atoms with Crippen molar-refractivity contribution >= 4 is 23.0 Å². The molecule has 0 saturated carbocycles. The third-order valence-electron chi connectivity index (χ3n) is 5.56. The summed E-state index contributed by atoms with van der Waals surface area (Å²) in [5, 5.41) is 3.52. The Morgan fingerprint density at radius 3 is 2.81 bits per heavy atom. The molecule has 0 amide bonds. The van der Waals surface area contributed by atoms with Crippen LogP contribution in [0.3, 0.4) is 0 Å². The number of ether oxygens (including phenoxy) is 1. The van der Waals surface area contributed by atoms with Crippen LogP contribution in [0.5, 0.6) is 0 Å². The van der Waals surface area contributed by atoms with Crippen LogP contribution in [0.1, 0.15) is 32.6 Å². The molecule has 4 rings (SSSR count). The van der Waals surface area contributed by atoms with Gasteiger partial charge >= 0.3 is 0 Å². The van der Waals surface area contributed by atoms with Gasteiger partial charge in [-0.2, -0.15) is 0 Å². The summed E-state index contributed by atoms with van der Waals surface area (Å²) in [5.74, 6) is 1.88. The number of anilines is 4. The predicted octanol–water partition coefficient (Wildman–Crippen LogP) is 3.83. The molecule has 1 aromatic carbocycles. The van der Waals surface area contributed by atoms with E-state index in [1.165, 1.54) is 24.9 Å². The Bertz CT molecular complexity index is 747. The van der Waals surface area contributed by atoms with Gasteiger partial charge in [0.1, 0.15) is 18.0 Å². The van der Waals surface area contributed by atoms with Crippen LogP contribution in [-0.4, -0.2) is 48.9 Å². The second-order valence-corrected chi connectivity index (χ2v) is 7.25. The lowest BCUT2D eigenvalue weighted by atomic mass is 10.0. The van der Waals surface area contributed by atoms with Crippen LogP contribution >= 0.6 is 0 Å². The lowest BCUT2D eigenvalue weighted by molar-refractivity contribution is 0.123. The van der Waals surface area contributed by atoms with Crippen molar-refractivity contribution in [1.29, 1.82) is 0 Å². The van der Waals surface area contributed by atoms with Crippen molar-refractivity contribution in [1.82, 2.24) is 9.97 Å². The molecule has 0 spiro atoms. The van der Waals surface area contributed by atoms with E-state index < -0.39 is 0 Å². The van der Waals surface area contributed by atoms with Crippen LogP contribution in [-0.2, 0) is 4.74 Å². The van der Waals surface area contributed by atoms with Gasteiger partial charge in [-0.25, -0.2) is 9.97 Å². The fraction of sp³-hybridized carbons (Fsp3) is 0.524. The van der Waals surface area contributed by atoms with Crippen molar-refractivity contribution in [3.8, 4) is 0 Å². The molecule has 0 radical (unpaired) electrons. The van der Waals surface area contributed by atoms with Crippen LogP contribution in [0.15, 0.2) is 36.7 Å². The second-order valence-electron chi connectivity index (χ2n) is 7.25. The monoisotopic (exact) mass is 367 g/mol. The molecule has 2 aliphatic rings. The molecule has 144 valence electrons. The zero-order chi connectivity index (χ0) is 18.5. The van der Waals surface area contributed by atoms with Gasteiger partial charge in [0.05, 0.1) is 24.6 Å². The van der Waals surface area contributed by atoms with Crippen molar-refractivity contribution in [2.45, 2.75) is 38.6 Å². The van der Waals surface area contributed by atoms with Gasteiger partial charge in [0.2, 0.25) is 0 Å². The minimum Gasteiger partial charge on any atom is -0.378 e. The van der Waals surface area contributed by atoms with E-state index in [0.29, 0.717) is 6.04 Å². The summed E-state index contributed by atoms with van der Waals surface area (Å²) in [6, 6.07) is 11.1. The number of morpholine rings is 1. The van der Waals surface area contributed by atoms with E-state index in [2.05, 4.69) is 62.3 Å². The Hall–Kier alpha value is -2.34. The number of hydrogen-bond donors (Lipinski definition) is 1. The van der Waals surface area contributed by atoms with Gasteiger partial charge in [0, 0.05) is 31.7 Å². The zero-order valence-corrected chi connectivity index (χ0v) is 16.1. The van der Waals surface area contributed by atoms with Crippen LogP contribution < -0.4 is 15.1 Å². The number of para-hydroxylation sites is 2. The van der Waals surface area contributed by atoms with Gasteiger partial charge in [0.15, 0.2) is 0 Å². The van der Waals surface area contributed by atoms with Crippen molar-refractivity contribution in [3.05, 3.63) is 36.7 Å². The molecule has 6 heteroatoms. The molecule has 3 heterocycles. The Morgan fingerprint density at radius 1 is 1.11 bits per heavy atom. The molecule has 1 unspecified atom stereocenters. The number of piperidine rings is 1. The number of benzene rings is 1. The molecule has 1 aromatic heterocycles. The molecule has 6 nitrogen and oxygen atoms in total.